The van der Waals surface area contributed by atoms with Crippen molar-refractivity contribution in [2.75, 3.05) is 6.61 Å². The predicted octanol–water partition coefficient (Wildman–Crippen LogP) is 4.19. The molecule has 1 aromatic rings. The van der Waals surface area contributed by atoms with Crippen LogP contribution in [-0.2, 0) is 19.6 Å². The van der Waals surface area contributed by atoms with Crippen molar-refractivity contribution >= 4 is 12.1 Å². The minimum Gasteiger partial charge on any atom is -0.432 e. The third kappa shape index (κ3) is 4.69. The number of hydrogen-bond acceptors (Lipinski definition) is 6. The number of carbonyl (C=O) groups excluding carboxylic acids is 2. The van der Waals surface area contributed by atoms with E-state index in [0.717, 1.165) is 40.7 Å². The third-order valence-corrected chi connectivity index (χ3v) is 4.13. The van der Waals surface area contributed by atoms with Gasteiger partial charge in [0, 0.05) is 0 Å². The fourth-order valence-electron chi connectivity index (χ4n) is 2.25. The summed E-state index contributed by atoms with van der Waals surface area (Å²) in [6.07, 6.45) is 0.555. The summed E-state index contributed by atoms with van der Waals surface area (Å²) in [6, 6.07) is 0. The molecule has 128 valence electrons. The van der Waals surface area contributed by atoms with Gasteiger partial charge in [-0.15, -0.1) is 0 Å². The lowest BCUT2D eigenvalue weighted by molar-refractivity contribution is -0.452. The van der Waals surface area contributed by atoms with E-state index in [1.807, 2.05) is 41.5 Å². The highest BCUT2D eigenvalue weighted by atomic mass is 17.5. The van der Waals surface area contributed by atoms with E-state index in [4.69, 9.17) is 4.74 Å². The zero-order valence-electron chi connectivity index (χ0n) is 14.6. The van der Waals surface area contributed by atoms with Gasteiger partial charge in [0.15, 0.2) is 0 Å². The van der Waals surface area contributed by atoms with E-state index in [0.29, 0.717) is 5.56 Å². The molecule has 0 bridgehead atoms. The number of hydrogen-bond donors (Lipinski definition) is 0. The Bertz CT molecular complexity index is 562. The Hall–Kier alpha value is -2.08. The Morgan fingerprint density at radius 2 is 1.35 bits per heavy atom. The average Bonchev–Trinajstić information content (AvgIpc) is 2.51. The number of rotatable bonds is 6. The number of ether oxygens (including phenoxy) is 1. The van der Waals surface area contributed by atoms with Crippen molar-refractivity contribution < 1.29 is 29.1 Å². The van der Waals surface area contributed by atoms with Crippen LogP contribution in [0.4, 0.5) is 4.79 Å². The van der Waals surface area contributed by atoms with Gasteiger partial charge in [-0.2, -0.15) is 0 Å². The number of carbonyl (C=O) groups is 2. The third-order valence-electron chi connectivity index (χ3n) is 4.13. The van der Waals surface area contributed by atoms with E-state index < -0.39 is 12.1 Å². The Morgan fingerprint density at radius 1 is 0.826 bits per heavy atom. The van der Waals surface area contributed by atoms with E-state index in [2.05, 4.69) is 14.8 Å². The Kier molecular flexibility index (Phi) is 7.03. The monoisotopic (exact) mass is 324 g/mol. The molecule has 0 saturated heterocycles. The van der Waals surface area contributed by atoms with Gasteiger partial charge in [0.1, 0.15) is 0 Å². The van der Waals surface area contributed by atoms with Gasteiger partial charge in [-0.1, -0.05) is 13.3 Å². The van der Waals surface area contributed by atoms with Crippen LogP contribution in [0.25, 0.3) is 0 Å². The summed E-state index contributed by atoms with van der Waals surface area (Å²) in [5.41, 5.74) is 5.19. The average molecular weight is 324 g/mol. The second kappa shape index (κ2) is 8.53. The van der Waals surface area contributed by atoms with Gasteiger partial charge in [-0.05, 0) is 68.9 Å². The molecule has 0 aliphatic rings. The van der Waals surface area contributed by atoms with E-state index in [9.17, 15) is 9.59 Å². The normalized spacial score (nSPS) is 10.3. The van der Waals surface area contributed by atoms with Gasteiger partial charge in [-0.3, -0.25) is 4.89 Å². The molecule has 0 spiro atoms. The largest absolute Gasteiger partial charge is 0.543 e. The fourth-order valence-corrected chi connectivity index (χ4v) is 2.25. The van der Waals surface area contributed by atoms with Crippen LogP contribution < -0.4 is 0 Å². The standard InChI is InChI=1S/C17H24O6/c1-7-8-9-20-17(19)22-23-21-16(18)15-13(5)11(3)10(2)12(4)14(15)6/h7-9H2,1-6H3. The van der Waals surface area contributed by atoms with Crippen LogP contribution in [0, 0.1) is 34.6 Å². The molecular weight excluding hydrogens is 300 g/mol. The summed E-state index contributed by atoms with van der Waals surface area (Å²) < 4.78 is 4.69. The fraction of sp³-hybridized carbons (Fsp3) is 0.529. The highest BCUT2D eigenvalue weighted by molar-refractivity contribution is 5.93. The zero-order valence-corrected chi connectivity index (χ0v) is 14.6. The molecule has 0 aliphatic heterocycles. The molecule has 1 aromatic carbocycles. The maximum absolute atomic E-state index is 12.2. The van der Waals surface area contributed by atoms with Crippen LogP contribution in [0.2, 0.25) is 0 Å². The molecule has 23 heavy (non-hydrogen) atoms. The van der Waals surface area contributed by atoms with Crippen LogP contribution in [-0.4, -0.2) is 18.7 Å². The summed E-state index contributed by atoms with van der Waals surface area (Å²) in [4.78, 5) is 32.1. The second-order valence-corrected chi connectivity index (χ2v) is 5.47. The molecule has 0 radical (unpaired) electrons. The summed E-state index contributed by atoms with van der Waals surface area (Å²) in [7, 11) is 0. The van der Waals surface area contributed by atoms with E-state index in [-0.39, 0.29) is 6.61 Å². The smallest absolute Gasteiger partial charge is 0.432 e. The molecule has 6 heteroatoms. The lowest BCUT2D eigenvalue weighted by Gasteiger charge is -2.16. The number of benzene rings is 1. The van der Waals surface area contributed by atoms with E-state index in [1.165, 1.54) is 0 Å². The molecule has 1 rings (SSSR count). The molecule has 0 saturated carbocycles. The van der Waals surface area contributed by atoms with E-state index >= 15 is 0 Å². The van der Waals surface area contributed by atoms with Gasteiger partial charge >= 0.3 is 12.1 Å². The SMILES string of the molecule is CCCCOC(=O)OOOC(=O)c1c(C)c(C)c(C)c(C)c1C. The molecule has 0 aromatic heterocycles. The lowest BCUT2D eigenvalue weighted by Crippen LogP contribution is -2.15. The van der Waals surface area contributed by atoms with Crippen molar-refractivity contribution in [3.63, 3.8) is 0 Å². The topological polar surface area (TPSA) is 71.1 Å². The van der Waals surface area contributed by atoms with Crippen LogP contribution >= 0.6 is 0 Å². The van der Waals surface area contributed by atoms with Gasteiger partial charge in [0.25, 0.3) is 0 Å². The van der Waals surface area contributed by atoms with Gasteiger partial charge in [0.2, 0.25) is 0 Å². The highest BCUT2D eigenvalue weighted by Crippen LogP contribution is 2.26. The lowest BCUT2D eigenvalue weighted by atomic mass is 9.90. The van der Waals surface area contributed by atoms with Crippen molar-refractivity contribution in [1.29, 1.82) is 0 Å². The first kappa shape index (κ1) is 19.0. The Morgan fingerprint density at radius 3 is 1.87 bits per heavy atom. The first-order chi connectivity index (χ1) is 10.8. The van der Waals surface area contributed by atoms with Crippen molar-refractivity contribution in [2.45, 2.75) is 54.4 Å². The summed E-state index contributed by atoms with van der Waals surface area (Å²) in [5.74, 6) is -0.715. The molecule has 6 nitrogen and oxygen atoms in total. The molecule has 0 heterocycles. The van der Waals surface area contributed by atoms with Crippen molar-refractivity contribution in [2.24, 2.45) is 0 Å². The molecule has 0 amide bonds. The van der Waals surface area contributed by atoms with Crippen LogP contribution in [0.5, 0.6) is 0 Å². The maximum Gasteiger partial charge on any atom is 0.543 e. The molecule has 0 atom stereocenters. The van der Waals surface area contributed by atoms with Crippen LogP contribution in [0.1, 0.15) is 57.9 Å². The minimum atomic E-state index is -1.05. The first-order valence-electron chi connectivity index (χ1n) is 7.60. The van der Waals surface area contributed by atoms with Gasteiger partial charge in [-0.25, -0.2) is 14.5 Å². The molecule has 0 aliphatic carbocycles. The van der Waals surface area contributed by atoms with Crippen LogP contribution in [0.3, 0.4) is 0 Å². The Labute approximate surface area is 136 Å². The predicted molar refractivity (Wildman–Crippen MR) is 84.0 cm³/mol. The first-order valence-corrected chi connectivity index (χ1v) is 7.60. The minimum absolute atomic E-state index is 0.223. The van der Waals surface area contributed by atoms with E-state index in [1.54, 1.807) is 0 Å². The van der Waals surface area contributed by atoms with Crippen molar-refractivity contribution in [1.82, 2.24) is 0 Å². The molecule has 0 N–H and O–H groups in total. The highest BCUT2D eigenvalue weighted by Gasteiger charge is 2.21. The van der Waals surface area contributed by atoms with Crippen molar-refractivity contribution in [3.8, 4) is 0 Å². The molecule has 0 fully saturated rings. The van der Waals surface area contributed by atoms with Crippen molar-refractivity contribution in [3.05, 3.63) is 33.4 Å². The van der Waals surface area contributed by atoms with Gasteiger partial charge < -0.3 is 4.74 Å². The summed E-state index contributed by atoms with van der Waals surface area (Å²) in [6.45, 7) is 11.7. The quantitative estimate of drug-likeness (QED) is 0.338. The molecular formula is C17H24O6. The second-order valence-electron chi connectivity index (χ2n) is 5.47. The zero-order chi connectivity index (χ0) is 17.6. The molecule has 0 unspecified atom stereocenters. The summed E-state index contributed by atoms with van der Waals surface area (Å²) >= 11 is 0. The Balaban J connectivity index is 2.68. The summed E-state index contributed by atoms with van der Waals surface area (Å²) in [5, 5.41) is 4.24. The van der Waals surface area contributed by atoms with Gasteiger partial charge in [0.05, 0.1) is 17.2 Å². The maximum atomic E-state index is 12.2. The van der Waals surface area contributed by atoms with Crippen LogP contribution in [0.15, 0.2) is 0 Å². The number of unbranched alkanes of at least 4 members (excludes halogenated alkanes) is 1.